The summed E-state index contributed by atoms with van der Waals surface area (Å²) in [4.78, 5) is 5.68. The summed E-state index contributed by atoms with van der Waals surface area (Å²) in [6.07, 6.45) is 0. The van der Waals surface area contributed by atoms with E-state index in [1.54, 1.807) is 11.3 Å². The molecule has 0 aliphatic rings. The molecule has 1 N–H and O–H groups in total. The second-order valence-corrected chi connectivity index (χ2v) is 5.70. The van der Waals surface area contributed by atoms with E-state index in [1.807, 2.05) is 0 Å². The van der Waals surface area contributed by atoms with Crippen molar-refractivity contribution in [2.75, 3.05) is 5.32 Å². The van der Waals surface area contributed by atoms with Gasteiger partial charge in [-0.3, -0.25) is 4.40 Å². The maximum Gasteiger partial charge on any atom is 0.194 e. The zero-order chi connectivity index (χ0) is 13.4. The number of anilines is 1. The van der Waals surface area contributed by atoms with Crippen LogP contribution in [0.5, 0.6) is 0 Å². The SMILES string of the molecule is Cc1cccc(NCc2c(C)nc3scc(C)n23)c1. The minimum absolute atomic E-state index is 0.800. The summed E-state index contributed by atoms with van der Waals surface area (Å²) in [7, 11) is 0. The van der Waals surface area contributed by atoms with Gasteiger partial charge in [0, 0.05) is 16.8 Å². The fraction of sp³-hybridized carbons (Fsp3) is 0.267. The van der Waals surface area contributed by atoms with Crippen molar-refractivity contribution in [3.63, 3.8) is 0 Å². The molecule has 0 fully saturated rings. The summed E-state index contributed by atoms with van der Waals surface area (Å²) >= 11 is 1.70. The van der Waals surface area contributed by atoms with E-state index in [2.05, 4.69) is 65.1 Å². The summed E-state index contributed by atoms with van der Waals surface area (Å²) in [6.45, 7) is 7.11. The maximum atomic E-state index is 4.61. The standard InChI is InChI=1S/C15H17N3S/c1-10-5-4-6-13(7-10)16-8-14-12(3)17-15-18(14)11(2)9-19-15/h4-7,9,16H,8H2,1-3H3. The lowest BCUT2D eigenvalue weighted by atomic mass is 10.2. The molecule has 0 radical (unpaired) electrons. The van der Waals surface area contributed by atoms with Gasteiger partial charge in [0.2, 0.25) is 0 Å². The van der Waals surface area contributed by atoms with Crippen molar-refractivity contribution < 1.29 is 0 Å². The summed E-state index contributed by atoms with van der Waals surface area (Å²) in [5.74, 6) is 0. The number of hydrogen-bond acceptors (Lipinski definition) is 3. The van der Waals surface area contributed by atoms with Crippen molar-refractivity contribution >= 4 is 22.0 Å². The number of hydrogen-bond donors (Lipinski definition) is 1. The Hall–Kier alpha value is -1.81. The maximum absolute atomic E-state index is 4.61. The summed E-state index contributed by atoms with van der Waals surface area (Å²) in [5.41, 5.74) is 6.03. The highest BCUT2D eigenvalue weighted by molar-refractivity contribution is 7.15. The molecule has 0 bridgehead atoms. The smallest absolute Gasteiger partial charge is 0.194 e. The van der Waals surface area contributed by atoms with Gasteiger partial charge in [-0.05, 0) is 38.5 Å². The molecule has 0 unspecified atom stereocenters. The molecular formula is C15H17N3S. The predicted molar refractivity (Wildman–Crippen MR) is 81.0 cm³/mol. The molecule has 4 heteroatoms. The minimum atomic E-state index is 0.800. The number of benzene rings is 1. The molecule has 19 heavy (non-hydrogen) atoms. The third-order valence-electron chi connectivity index (χ3n) is 3.31. The lowest BCUT2D eigenvalue weighted by molar-refractivity contribution is 0.966. The molecule has 2 heterocycles. The van der Waals surface area contributed by atoms with Crippen LogP contribution in [0.1, 0.15) is 22.6 Å². The molecule has 3 nitrogen and oxygen atoms in total. The summed E-state index contributed by atoms with van der Waals surface area (Å²) in [5, 5.41) is 5.63. The number of thiazole rings is 1. The van der Waals surface area contributed by atoms with E-state index in [9.17, 15) is 0 Å². The van der Waals surface area contributed by atoms with Gasteiger partial charge in [0.25, 0.3) is 0 Å². The van der Waals surface area contributed by atoms with Crippen molar-refractivity contribution in [2.24, 2.45) is 0 Å². The van der Waals surface area contributed by atoms with Crippen LogP contribution >= 0.6 is 11.3 Å². The van der Waals surface area contributed by atoms with Gasteiger partial charge in [0.05, 0.1) is 17.9 Å². The average molecular weight is 271 g/mol. The van der Waals surface area contributed by atoms with Crippen LogP contribution in [-0.2, 0) is 6.54 Å². The molecular weight excluding hydrogens is 254 g/mol. The molecule has 0 saturated carbocycles. The van der Waals surface area contributed by atoms with Crippen molar-refractivity contribution in [3.8, 4) is 0 Å². The van der Waals surface area contributed by atoms with E-state index in [4.69, 9.17) is 0 Å². The third kappa shape index (κ3) is 2.24. The Morgan fingerprint density at radius 2 is 2.11 bits per heavy atom. The highest BCUT2D eigenvalue weighted by atomic mass is 32.1. The van der Waals surface area contributed by atoms with E-state index < -0.39 is 0 Å². The van der Waals surface area contributed by atoms with Crippen LogP contribution in [0.25, 0.3) is 4.96 Å². The second kappa shape index (κ2) is 4.70. The first-order valence-corrected chi connectivity index (χ1v) is 7.25. The number of nitrogens with one attached hydrogen (secondary N) is 1. The number of nitrogens with zero attached hydrogens (tertiary/aromatic N) is 2. The van der Waals surface area contributed by atoms with Gasteiger partial charge >= 0.3 is 0 Å². The van der Waals surface area contributed by atoms with Crippen molar-refractivity contribution in [3.05, 3.63) is 52.3 Å². The summed E-state index contributed by atoms with van der Waals surface area (Å²) in [6, 6.07) is 8.44. The Bertz CT molecular complexity index is 724. The largest absolute Gasteiger partial charge is 0.379 e. The number of aromatic nitrogens is 2. The first-order chi connectivity index (χ1) is 9.15. The van der Waals surface area contributed by atoms with Crippen molar-refractivity contribution in [1.29, 1.82) is 0 Å². The zero-order valence-electron chi connectivity index (χ0n) is 11.4. The predicted octanol–water partition coefficient (Wildman–Crippen LogP) is 3.93. The average Bonchev–Trinajstić information content (AvgIpc) is 2.87. The molecule has 0 aliphatic carbocycles. The minimum Gasteiger partial charge on any atom is -0.379 e. The highest BCUT2D eigenvalue weighted by Gasteiger charge is 2.11. The second-order valence-electron chi connectivity index (χ2n) is 4.86. The van der Waals surface area contributed by atoms with Crippen molar-refractivity contribution in [1.82, 2.24) is 9.38 Å². The fourth-order valence-electron chi connectivity index (χ4n) is 2.32. The number of imidazole rings is 1. The van der Waals surface area contributed by atoms with Crippen LogP contribution in [0.3, 0.4) is 0 Å². The Labute approximate surface area is 116 Å². The van der Waals surface area contributed by atoms with Crippen LogP contribution in [0, 0.1) is 20.8 Å². The van der Waals surface area contributed by atoms with E-state index in [1.165, 1.54) is 17.0 Å². The van der Waals surface area contributed by atoms with Gasteiger partial charge < -0.3 is 5.32 Å². The molecule has 3 rings (SSSR count). The zero-order valence-corrected chi connectivity index (χ0v) is 12.2. The van der Waals surface area contributed by atoms with Crippen molar-refractivity contribution in [2.45, 2.75) is 27.3 Å². The molecule has 0 atom stereocenters. The molecule has 1 aromatic carbocycles. The van der Waals surface area contributed by atoms with E-state index in [0.717, 1.165) is 22.9 Å². The number of rotatable bonds is 3. The van der Waals surface area contributed by atoms with Gasteiger partial charge in [0.1, 0.15) is 0 Å². The normalized spacial score (nSPS) is 11.1. The molecule has 2 aromatic heterocycles. The number of fused-ring (bicyclic) bond motifs is 1. The van der Waals surface area contributed by atoms with Gasteiger partial charge in [-0.15, -0.1) is 11.3 Å². The lowest BCUT2D eigenvalue weighted by Gasteiger charge is -2.08. The van der Waals surface area contributed by atoms with Gasteiger partial charge in [-0.1, -0.05) is 12.1 Å². The van der Waals surface area contributed by atoms with Crippen LogP contribution in [0.2, 0.25) is 0 Å². The fourth-order valence-corrected chi connectivity index (χ4v) is 3.25. The van der Waals surface area contributed by atoms with Gasteiger partial charge in [-0.2, -0.15) is 0 Å². The van der Waals surface area contributed by atoms with E-state index >= 15 is 0 Å². The molecule has 0 amide bonds. The van der Waals surface area contributed by atoms with E-state index in [-0.39, 0.29) is 0 Å². The van der Waals surface area contributed by atoms with Gasteiger partial charge in [-0.25, -0.2) is 4.98 Å². The van der Waals surface area contributed by atoms with Gasteiger partial charge in [0.15, 0.2) is 4.96 Å². The van der Waals surface area contributed by atoms with Crippen LogP contribution in [-0.4, -0.2) is 9.38 Å². The first kappa shape index (κ1) is 12.2. The molecule has 0 aliphatic heterocycles. The summed E-state index contributed by atoms with van der Waals surface area (Å²) < 4.78 is 2.24. The molecule has 3 aromatic rings. The Morgan fingerprint density at radius 1 is 1.26 bits per heavy atom. The quantitative estimate of drug-likeness (QED) is 0.782. The van der Waals surface area contributed by atoms with Crippen LogP contribution in [0.15, 0.2) is 29.6 Å². The highest BCUT2D eigenvalue weighted by Crippen LogP contribution is 2.21. The third-order valence-corrected chi connectivity index (χ3v) is 4.25. The van der Waals surface area contributed by atoms with E-state index in [0.29, 0.717) is 0 Å². The molecule has 0 spiro atoms. The molecule has 0 saturated heterocycles. The topological polar surface area (TPSA) is 29.3 Å². The van der Waals surface area contributed by atoms with Crippen LogP contribution < -0.4 is 5.32 Å². The Balaban J connectivity index is 1.89. The number of aryl methyl sites for hydroxylation is 3. The monoisotopic (exact) mass is 271 g/mol. The Morgan fingerprint density at radius 3 is 2.89 bits per heavy atom. The Kier molecular flexibility index (Phi) is 3.03. The van der Waals surface area contributed by atoms with Crippen LogP contribution in [0.4, 0.5) is 5.69 Å². The lowest BCUT2D eigenvalue weighted by Crippen LogP contribution is -2.04. The molecule has 98 valence electrons. The first-order valence-electron chi connectivity index (χ1n) is 6.38.